The third kappa shape index (κ3) is 4.89. The van der Waals surface area contributed by atoms with E-state index in [2.05, 4.69) is 6.92 Å². The van der Waals surface area contributed by atoms with Crippen molar-refractivity contribution in [3.8, 4) is 5.75 Å². The van der Waals surface area contributed by atoms with Crippen LogP contribution >= 0.6 is 0 Å². The quantitative estimate of drug-likeness (QED) is 0.597. The van der Waals surface area contributed by atoms with E-state index in [0.717, 1.165) is 41.7 Å². The molecule has 27 heavy (non-hydrogen) atoms. The molecule has 1 atom stereocenters. The monoisotopic (exact) mass is 367 g/mol. The fourth-order valence-electron chi connectivity index (χ4n) is 3.56. The van der Waals surface area contributed by atoms with E-state index in [1.54, 1.807) is 7.11 Å². The van der Waals surface area contributed by atoms with Gasteiger partial charge in [-0.1, -0.05) is 50.1 Å². The van der Waals surface area contributed by atoms with Crippen LogP contribution in [-0.4, -0.2) is 30.7 Å². The van der Waals surface area contributed by atoms with Crippen LogP contribution < -0.4 is 4.74 Å². The molecule has 0 N–H and O–H groups in total. The Kier molecular flexibility index (Phi) is 6.88. The highest BCUT2D eigenvalue weighted by Gasteiger charge is 2.29. The zero-order valence-corrected chi connectivity index (χ0v) is 16.3. The van der Waals surface area contributed by atoms with E-state index in [1.165, 1.54) is 12.8 Å². The first-order chi connectivity index (χ1) is 13.2. The summed E-state index contributed by atoms with van der Waals surface area (Å²) >= 11 is 0. The predicted octanol–water partition coefficient (Wildman–Crippen LogP) is 4.82. The molecule has 1 aliphatic rings. The third-order valence-corrected chi connectivity index (χ3v) is 5.11. The van der Waals surface area contributed by atoms with Gasteiger partial charge < -0.3 is 14.4 Å². The summed E-state index contributed by atoms with van der Waals surface area (Å²) in [6.07, 6.45) is 5.00. The molecule has 4 nitrogen and oxygen atoms in total. The topological polar surface area (TPSA) is 38.8 Å². The van der Waals surface area contributed by atoms with E-state index >= 15 is 0 Å². The molecular weight excluding hydrogens is 338 g/mol. The molecule has 0 bridgehead atoms. The van der Waals surface area contributed by atoms with Crippen LogP contribution in [0.15, 0.2) is 48.5 Å². The molecule has 0 saturated carbocycles. The van der Waals surface area contributed by atoms with Crippen molar-refractivity contribution in [3.63, 3.8) is 0 Å². The summed E-state index contributed by atoms with van der Waals surface area (Å²) in [5.74, 6) is 0.874. The summed E-state index contributed by atoms with van der Waals surface area (Å²) < 4.78 is 11.5. The summed E-state index contributed by atoms with van der Waals surface area (Å²) in [5, 5.41) is 0. The van der Waals surface area contributed by atoms with E-state index in [1.807, 2.05) is 53.4 Å². The molecule has 144 valence electrons. The Hall–Kier alpha value is -2.33. The number of rotatable bonds is 9. The van der Waals surface area contributed by atoms with Gasteiger partial charge >= 0.3 is 0 Å². The standard InChI is InChI=1S/C23H29NO3/c1-3-4-6-11-22(26-2)24-15-14-19-16-20(12-13-21(19)23(24)25)27-17-18-9-7-5-8-10-18/h5,7-10,12-13,16,22H,3-4,6,11,14-15,17H2,1-2H3. The molecule has 0 spiro atoms. The maximum absolute atomic E-state index is 12.9. The van der Waals surface area contributed by atoms with Gasteiger partial charge in [0.1, 0.15) is 18.6 Å². The van der Waals surface area contributed by atoms with Gasteiger partial charge in [0.15, 0.2) is 0 Å². The normalized spacial score (nSPS) is 14.7. The Labute approximate surface area is 162 Å². The van der Waals surface area contributed by atoms with Crippen molar-refractivity contribution < 1.29 is 14.3 Å². The van der Waals surface area contributed by atoms with E-state index in [4.69, 9.17) is 9.47 Å². The van der Waals surface area contributed by atoms with Gasteiger partial charge in [-0.25, -0.2) is 0 Å². The Morgan fingerprint density at radius 2 is 1.93 bits per heavy atom. The Bertz CT molecular complexity index is 745. The molecular formula is C23H29NO3. The molecule has 1 heterocycles. The molecule has 1 aliphatic heterocycles. The zero-order valence-electron chi connectivity index (χ0n) is 16.3. The van der Waals surface area contributed by atoms with E-state index in [0.29, 0.717) is 13.2 Å². The van der Waals surface area contributed by atoms with Crippen LogP contribution in [0.3, 0.4) is 0 Å². The van der Waals surface area contributed by atoms with Crippen LogP contribution in [0.25, 0.3) is 0 Å². The lowest BCUT2D eigenvalue weighted by atomic mass is 9.98. The number of fused-ring (bicyclic) bond motifs is 1. The van der Waals surface area contributed by atoms with Gasteiger partial charge in [-0.2, -0.15) is 0 Å². The molecule has 0 saturated heterocycles. The van der Waals surface area contributed by atoms with E-state index < -0.39 is 0 Å². The third-order valence-electron chi connectivity index (χ3n) is 5.11. The van der Waals surface area contributed by atoms with Gasteiger partial charge in [0.05, 0.1) is 0 Å². The van der Waals surface area contributed by atoms with Gasteiger partial charge in [-0.05, 0) is 48.6 Å². The summed E-state index contributed by atoms with van der Waals surface area (Å²) in [5.41, 5.74) is 2.96. The largest absolute Gasteiger partial charge is 0.489 e. The lowest BCUT2D eigenvalue weighted by Crippen LogP contribution is -2.45. The van der Waals surface area contributed by atoms with Gasteiger partial charge in [0, 0.05) is 19.2 Å². The second-order valence-electron chi connectivity index (χ2n) is 7.03. The number of nitrogens with zero attached hydrogens (tertiary/aromatic N) is 1. The smallest absolute Gasteiger partial charge is 0.256 e. The average Bonchev–Trinajstić information content (AvgIpc) is 2.71. The zero-order chi connectivity index (χ0) is 19.1. The van der Waals surface area contributed by atoms with Crippen molar-refractivity contribution in [3.05, 3.63) is 65.2 Å². The fraction of sp³-hybridized carbons (Fsp3) is 0.435. The van der Waals surface area contributed by atoms with Crippen molar-refractivity contribution in [2.75, 3.05) is 13.7 Å². The molecule has 0 fully saturated rings. The van der Waals surface area contributed by atoms with Crippen LogP contribution in [0.2, 0.25) is 0 Å². The number of hydrogen-bond acceptors (Lipinski definition) is 3. The highest BCUT2D eigenvalue weighted by Crippen LogP contribution is 2.27. The molecule has 2 aromatic carbocycles. The van der Waals surface area contributed by atoms with Crippen LogP contribution in [0.4, 0.5) is 0 Å². The molecule has 0 aromatic heterocycles. The molecule has 4 heteroatoms. The Morgan fingerprint density at radius 3 is 2.67 bits per heavy atom. The van der Waals surface area contributed by atoms with Crippen molar-refractivity contribution in [2.24, 2.45) is 0 Å². The first-order valence-electron chi connectivity index (χ1n) is 9.86. The minimum Gasteiger partial charge on any atom is -0.489 e. The first-order valence-corrected chi connectivity index (χ1v) is 9.86. The Balaban J connectivity index is 1.65. The summed E-state index contributed by atoms with van der Waals surface area (Å²) in [6.45, 7) is 3.41. The van der Waals surface area contributed by atoms with Gasteiger partial charge in [0.25, 0.3) is 5.91 Å². The maximum atomic E-state index is 12.9. The molecule has 1 amide bonds. The SMILES string of the molecule is CCCCCC(OC)N1CCc2cc(OCc3ccccc3)ccc2C1=O. The van der Waals surface area contributed by atoms with Gasteiger partial charge in [0.2, 0.25) is 0 Å². The maximum Gasteiger partial charge on any atom is 0.256 e. The van der Waals surface area contributed by atoms with Crippen LogP contribution in [0.1, 0.15) is 54.1 Å². The summed E-state index contributed by atoms with van der Waals surface area (Å²) in [7, 11) is 1.69. The molecule has 0 radical (unpaired) electrons. The average molecular weight is 367 g/mol. The van der Waals surface area contributed by atoms with Crippen molar-refractivity contribution in [1.29, 1.82) is 0 Å². The van der Waals surface area contributed by atoms with Crippen LogP contribution in [-0.2, 0) is 17.8 Å². The summed E-state index contributed by atoms with van der Waals surface area (Å²) in [4.78, 5) is 14.8. The highest BCUT2D eigenvalue weighted by atomic mass is 16.5. The molecule has 2 aromatic rings. The fourth-order valence-corrected chi connectivity index (χ4v) is 3.56. The van der Waals surface area contributed by atoms with Crippen molar-refractivity contribution in [1.82, 2.24) is 4.90 Å². The highest BCUT2D eigenvalue weighted by molar-refractivity contribution is 5.97. The summed E-state index contributed by atoms with van der Waals surface area (Å²) in [6, 6.07) is 15.9. The number of ether oxygens (including phenoxy) is 2. The lowest BCUT2D eigenvalue weighted by Gasteiger charge is -2.34. The number of benzene rings is 2. The number of carbonyl (C=O) groups is 1. The number of carbonyl (C=O) groups excluding carboxylic acids is 1. The molecule has 1 unspecified atom stereocenters. The second kappa shape index (κ2) is 9.56. The van der Waals surface area contributed by atoms with Crippen molar-refractivity contribution in [2.45, 2.75) is 51.9 Å². The molecule has 0 aliphatic carbocycles. The first kappa shape index (κ1) is 19.4. The van der Waals surface area contributed by atoms with Gasteiger partial charge in [-0.3, -0.25) is 4.79 Å². The Morgan fingerprint density at radius 1 is 1.11 bits per heavy atom. The minimum absolute atomic E-state index is 0.0641. The predicted molar refractivity (Wildman–Crippen MR) is 107 cm³/mol. The molecule has 3 rings (SSSR count). The van der Waals surface area contributed by atoms with Gasteiger partial charge in [-0.15, -0.1) is 0 Å². The number of unbranched alkanes of at least 4 members (excludes halogenated alkanes) is 2. The van der Waals surface area contributed by atoms with Crippen LogP contribution in [0.5, 0.6) is 5.75 Å². The number of amides is 1. The van der Waals surface area contributed by atoms with Crippen LogP contribution in [0, 0.1) is 0 Å². The van der Waals surface area contributed by atoms with E-state index in [-0.39, 0.29) is 12.1 Å². The van der Waals surface area contributed by atoms with Crippen molar-refractivity contribution >= 4 is 5.91 Å². The van der Waals surface area contributed by atoms with E-state index in [9.17, 15) is 4.79 Å². The number of methoxy groups -OCH3 is 1. The lowest BCUT2D eigenvalue weighted by molar-refractivity contribution is -0.0277. The minimum atomic E-state index is -0.133. The second-order valence-corrected chi connectivity index (χ2v) is 7.03. The number of hydrogen-bond donors (Lipinski definition) is 0.